The van der Waals surface area contributed by atoms with E-state index in [-0.39, 0.29) is 24.4 Å². The van der Waals surface area contributed by atoms with Gasteiger partial charge in [0.25, 0.3) is 0 Å². The molecule has 0 bridgehead atoms. The van der Waals surface area contributed by atoms with Crippen LogP contribution in [0.1, 0.15) is 26.7 Å². The monoisotopic (exact) mass is 172 g/mol. The second-order valence-electron chi connectivity index (χ2n) is 2.15. The zero-order valence-corrected chi connectivity index (χ0v) is 7.20. The number of hydrogen-bond donors (Lipinski definition) is 0. The summed E-state index contributed by atoms with van der Waals surface area (Å²) in [6.07, 6.45) is 1.24. The summed E-state index contributed by atoms with van der Waals surface area (Å²) in [7, 11) is 0. The molecule has 0 radical (unpaired) electrons. The molecule has 0 heterocycles. The van der Waals surface area contributed by atoms with Crippen LogP contribution in [0.25, 0.3) is 0 Å². The maximum Gasteiger partial charge on any atom is 0.137 e. The Kier molecular flexibility index (Phi) is 10.7. The van der Waals surface area contributed by atoms with Crippen LogP contribution in [0.3, 0.4) is 0 Å². The van der Waals surface area contributed by atoms with Gasteiger partial charge in [0.1, 0.15) is 24.1 Å². The Bertz CT molecular complexity index is 154. The molecule has 0 aromatic rings. The van der Waals surface area contributed by atoms with Crippen molar-refractivity contribution in [1.82, 2.24) is 0 Å². The normalized spacial score (nSPS) is 7.50. The highest BCUT2D eigenvalue weighted by Crippen LogP contribution is 1.80. The molecule has 0 unspecified atom stereocenters. The first-order chi connectivity index (χ1) is 5.54. The van der Waals surface area contributed by atoms with Crippen molar-refractivity contribution >= 4 is 24.1 Å². The van der Waals surface area contributed by atoms with Crippen LogP contribution in [0.15, 0.2) is 0 Å². The van der Waals surface area contributed by atoms with E-state index in [1.165, 1.54) is 13.8 Å². The van der Waals surface area contributed by atoms with Gasteiger partial charge in [-0.2, -0.15) is 0 Å². The predicted molar refractivity (Wildman–Crippen MR) is 42.7 cm³/mol. The number of hydrogen-bond acceptors (Lipinski definition) is 4. The van der Waals surface area contributed by atoms with Crippen molar-refractivity contribution in [1.29, 1.82) is 0 Å². The van der Waals surface area contributed by atoms with Crippen LogP contribution >= 0.6 is 0 Å². The molecule has 0 fully saturated rings. The Balaban J connectivity index is 0. The van der Waals surface area contributed by atoms with E-state index >= 15 is 0 Å². The van der Waals surface area contributed by atoms with Crippen LogP contribution < -0.4 is 0 Å². The quantitative estimate of drug-likeness (QED) is 0.452. The lowest BCUT2D eigenvalue weighted by atomic mass is 10.2. The number of carbonyl (C=O) groups is 4. The number of Topliss-reactive ketones (excluding diaryl/α,β-unsaturated/α-hetero) is 2. The molecule has 0 aliphatic heterocycles. The lowest BCUT2D eigenvalue weighted by molar-refractivity contribution is -0.124. The van der Waals surface area contributed by atoms with E-state index in [1.807, 2.05) is 0 Å². The Morgan fingerprint density at radius 3 is 1.33 bits per heavy atom. The van der Waals surface area contributed by atoms with Gasteiger partial charge in [-0.05, 0) is 13.8 Å². The van der Waals surface area contributed by atoms with Gasteiger partial charge in [0.05, 0.1) is 12.8 Å². The highest BCUT2D eigenvalue weighted by atomic mass is 16.1. The molecule has 12 heavy (non-hydrogen) atoms. The van der Waals surface area contributed by atoms with Gasteiger partial charge in [0.2, 0.25) is 0 Å². The van der Waals surface area contributed by atoms with E-state index in [0.29, 0.717) is 12.6 Å². The van der Waals surface area contributed by atoms with Crippen molar-refractivity contribution < 1.29 is 19.2 Å². The lowest BCUT2D eigenvalue weighted by Gasteiger charge is -1.81. The largest absolute Gasteiger partial charge is 0.303 e. The van der Waals surface area contributed by atoms with E-state index in [9.17, 15) is 19.2 Å². The van der Waals surface area contributed by atoms with E-state index in [0.717, 1.165) is 0 Å². The van der Waals surface area contributed by atoms with Crippen LogP contribution in [0.4, 0.5) is 0 Å². The SMILES string of the molecule is CC(=O)CC(C)=O.O=CCC=O. The first-order valence-corrected chi connectivity index (χ1v) is 3.40. The summed E-state index contributed by atoms with van der Waals surface area (Å²) >= 11 is 0. The molecule has 0 aromatic carbocycles. The third-order valence-electron chi connectivity index (χ3n) is 0.690. The summed E-state index contributed by atoms with van der Waals surface area (Å²) in [5.41, 5.74) is 0. The molecule has 0 aliphatic rings. The Morgan fingerprint density at radius 2 is 1.33 bits per heavy atom. The van der Waals surface area contributed by atoms with Crippen LogP contribution in [-0.4, -0.2) is 24.1 Å². The maximum absolute atomic E-state index is 10.0. The molecule has 0 amide bonds. The van der Waals surface area contributed by atoms with E-state index in [1.54, 1.807) is 0 Å². The number of rotatable bonds is 4. The summed E-state index contributed by atoms with van der Waals surface area (Å²) < 4.78 is 0. The van der Waals surface area contributed by atoms with Crippen molar-refractivity contribution in [3.8, 4) is 0 Å². The molecule has 0 saturated heterocycles. The summed E-state index contributed by atoms with van der Waals surface area (Å²) in [6, 6.07) is 0. The Hall–Kier alpha value is -1.32. The first kappa shape index (κ1) is 13.3. The van der Waals surface area contributed by atoms with Gasteiger partial charge in [0, 0.05) is 0 Å². The maximum atomic E-state index is 10.0. The average molecular weight is 172 g/mol. The van der Waals surface area contributed by atoms with Gasteiger partial charge in [-0.1, -0.05) is 0 Å². The molecule has 0 atom stereocenters. The summed E-state index contributed by atoms with van der Waals surface area (Å²) in [4.78, 5) is 38.4. The third kappa shape index (κ3) is 23.4. The van der Waals surface area contributed by atoms with Crippen LogP contribution in [0.2, 0.25) is 0 Å². The molecule has 0 aliphatic carbocycles. The molecule has 0 spiro atoms. The smallest absolute Gasteiger partial charge is 0.137 e. The fraction of sp³-hybridized carbons (Fsp3) is 0.500. The van der Waals surface area contributed by atoms with Gasteiger partial charge in [0.15, 0.2) is 0 Å². The van der Waals surface area contributed by atoms with Crippen molar-refractivity contribution in [2.45, 2.75) is 26.7 Å². The lowest BCUT2D eigenvalue weighted by Crippen LogP contribution is -1.97. The Morgan fingerprint density at radius 1 is 1.00 bits per heavy atom. The van der Waals surface area contributed by atoms with E-state index in [2.05, 4.69) is 0 Å². The molecule has 0 aromatic heterocycles. The fourth-order valence-electron chi connectivity index (χ4n) is 0.390. The predicted octanol–water partition coefficient (Wildman–Crippen LogP) is 0.329. The Labute approximate surface area is 70.9 Å². The highest BCUT2D eigenvalue weighted by molar-refractivity contribution is 5.96. The van der Waals surface area contributed by atoms with Crippen LogP contribution in [0, 0.1) is 0 Å². The zero-order valence-electron chi connectivity index (χ0n) is 7.20. The van der Waals surface area contributed by atoms with Crippen LogP contribution in [-0.2, 0) is 19.2 Å². The second-order valence-corrected chi connectivity index (χ2v) is 2.15. The van der Waals surface area contributed by atoms with Gasteiger partial charge < -0.3 is 9.59 Å². The van der Waals surface area contributed by atoms with Gasteiger partial charge in [-0.15, -0.1) is 0 Å². The molecule has 0 rings (SSSR count). The van der Waals surface area contributed by atoms with Gasteiger partial charge in [-0.25, -0.2) is 0 Å². The number of aldehydes is 2. The van der Waals surface area contributed by atoms with Gasteiger partial charge in [-0.3, -0.25) is 9.59 Å². The molecule has 4 nitrogen and oxygen atoms in total. The minimum atomic E-state index is -0.0625. The topological polar surface area (TPSA) is 68.3 Å². The molecule has 0 N–H and O–H groups in total. The molecular formula is C8H12O4. The van der Waals surface area contributed by atoms with Crippen molar-refractivity contribution in [2.24, 2.45) is 0 Å². The average Bonchev–Trinajstić information content (AvgIpc) is 1.87. The van der Waals surface area contributed by atoms with Crippen molar-refractivity contribution in [2.75, 3.05) is 0 Å². The van der Waals surface area contributed by atoms with Gasteiger partial charge >= 0.3 is 0 Å². The zero-order chi connectivity index (χ0) is 9.98. The molecular weight excluding hydrogens is 160 g/mol. The number of ketones is 2. The highest BCUT2D eigenvalue weighted by Gasteiger charge is 1.94. The summed E-state index contributed by atoms with van der Waals surface area (Å²) in [5, 5.41) is 0. The summed E-state index contributed by atoms with van der Waals surface area (Å²) in [6.45, 7) is 2.81. The minimum Gasteiger partial charge on any atom is -0.303 e. The molecule has 0 saturated carbocycles. The number of carbonyl (C=O) groups excluding carboxylic acids is 4. The van der Waals surface area contributed by atoms with E-state index < -0.39 is 0 Å². The van der Waals surface area contributed by atoms with Crippen molar-refractivity contribution in [3.63, 3.8) is 0 Å². The third-order valence-corrected chi connectivity index (χ3v) is 0.690. The van der Waals surface area contributed by atoms with E-state index in [4.69, 9.17) is 0 Å². The first-order valence-electron chi connectivity index (χ1n) is 3.40. The second kappa shape index (κ2) is 9.68. The standard InChI is InChI=1S/C5H8O2.C3H4O2/c1-4(6)3-5(2)7;4-2-1-3-5/h3H2,1-2H3;2-3H,1H2. The van der Waals surface area contributed by atoms with Crippen molar-refractivity contribution in [3.05, 3.63) is 0 Å². The molecule has 68 valence electrons. The summed E-state index contributed by atoms with van der Waals surface area (Å²) in [5.74, 6) is -0.125. The van der Waals surface area contributed by atoms with Crippen LogP contribution in [0.5, 0.6) is 0 Å². The fourth-order valence-corrected chi connectivity index (χ4v) is 0.390. The minimum absolute atomic E-state index is 0.0278. The molecule has 4 heteroatoms.